The lowest BCUT2D eigenvalue weighted by Gasteiger charge is -2.05. The standard InChI is InChI=1S/C12H10ClN3O2S/c1-6(17)10-5-19-12(15-10)16-11(18)8-4-7(13)2-3-9(8)14/h2-5H,14H2,1H3,(H,15,16,18). The van der Waals surface area contributed by atoms with E-state index in [-0.39, 0.29) is 11.3 Å². The topological polar surface area (TPSA) is 85.1 Å². The number of hydrogen-bond donors (Lipinski definition) is 2. The molecular weight excluding hydrogens is 286 g/mol. The predicted octanol–water partition coefficient (Wildman–Crippen LogP) is 2.83. The van der Waals surface area contributed by atoms with Crippen LogP contribution in [-0.2, 0) is 0 Å². The first kappa shape index (κ1) is 13.5. The molecule has 98 valence electrons. The van der Waals surface area contributed by atoms with Crippen LogP contribution in [0.1, 0.15) is 27.8 Å². The summed E-state index contributed by atoms with van der Waals surface area (Å²) in [5.41, 5.74) is 6.62. The van der Waals surface area contributed by atoms with Gasteiger partial charge in [0, 0.05) is 23.0 Å². The number of thiazole rings is 1. The molecular formula is C12H10ClN3O2S. The summed E-state index contributed by atoms with van der Waals surface area (Å²) in [6, 6.07) is 4.64. The summed E-state index contributed by atoms with van der Waals surface area (Å²) in [6.07, 6.45) is 0. The second-order valence-electron chi connectivity index (χ2n) is 3.78. The van der Waals surface area contributed by atoms with Crippen molar-refractivity contribution in [1.82, 2.24) is 4.98 Å². The fourth-order valence-corrected chi connectivity index (χ4v) is 2.30. The maximum Gasteiger partial charge on any atom is 0.259 e. The number of amides is 1. The van der Waals surface area contributed by atoms with Crippen LogP contribution in [0.5, 0.6) is 0 Å². The zero-order chi connectivity index (χ0) is 14.0. The van der Waals surface area contributed by atoms with E-state index in [1.807, 2.05) is 0 Å². The summed E-state index contributed by atoms with van der Waals surface area (Å²) in [6.45, 7) is 1.41. The van der Waals surface area contributed by atoms with Crippen LogP contribution < -0.4 is 11.1 Å². The average Bonchev–Trinajstić information content (AvgIpc) is 2.80. The SMILES string of the molecule is CC(=O)c1csc(NC(=O)c2cc(Cl)ccc2N)n1. The van der Waals surface area contributed by atoms with Crippen molar-refractivity contribution in [3.05, 3.63) is 39.9 Å². The number of carbonyl (C=O) groups is 2. The first-order chi connectivity index (χ1) is 8.97. The molecule has 0 bridgehead atoms. The molecule has 1 heterocycles. The van der Waals surface area contributed by atoms with Crippen LogP contribution in [0, 0.1) is 0 Å². The molecule has 0 spiro atoms. The van der Waals surface area contributed by atoms with Crippen molar-refractivity contribution < 1.29 is 9.59 Å². The van der Waals surface area contributed by atoms with Crippen LogP contribution in [0.3, 0.4) is 0 Å². The van der Waals surface area contributed by atoms with Gasteiger partial charge in [0.2, 0.25) is 0 Å². The number of aromatic nitrogens is 1. The van der Waals surface area contributed by atoms with Gasteiger partial charge in [-0.05, 0) is 18.2 Å². The maximum absolute atomic E-state index is 12.0. The van der Waals surface area contributed by atoms with E-state index in [1.54, 1.807) is 17.5 Å². The monoisotopic (exact) mass is 295 g/mol. The minimum absolute atomic E-state index is 0.154. The smallest absolute Gasteiger partial charge is 0.259 e. The Labute approximate surface area is 118 Å². The van der Waals surface area contributed by atoms with Crippen molar-refractivity contribution in [2.45, 2.75) is 6.92 Å². The molecule has 0 saturated heterocycles. The highest BCUT2D eigenvalue weighted by Gasteiger charge is 2.13. The molecule has 2 rings (SSSR count). The Bertz CT molecular complexity index is 654. The van der Waals surface area contributed by atoms with Gasteiger partial charge in [-0.3, -0.25) is 14.9 Å². The summed E-state index contributed by atoms with van der Waals surface area (Å²) in [7, 11) is 0. The van der Waals surface area contributed by atoms with Crippen LogP contribution in [0.4, 0.5) is 10.8 Å². The van der Waals surface area contributed by atoms with Gasteiger partial charge in [-0.15, -0.1) is 11.3 Å². The molecule has 0 unspecified atom stereocenters. The number of nitrogen functional groups attached to an aromatic ring is 1. The molecule has 1 amide bonds. The van der Waals surface area contributed by atoms with E-state index in [9.17, 15) is 9.59 Å². The van der Waals surface area contributed by atoms with Gasteiger partial charge in [0.15, 0.2) is 10.9 Å². The van der Waals surface area contributed by atoms with E-state index in [4.69, 9.17) is 17.3 Å². The molecule has 0 radical (unpaired) electrons. The summed E-state index contributed by atoms with van der Waals surface area (Å²) >= 11 is 6.99. The van der Waals surface area contributed by atoms with Gasteiger partial charge in [0.25, 0.3) is 5.91 Å². The Kier molecular flexibility index (Phi) is 3.82. The number of anilines is 2. The Morgan fingerprint density at radius 2 is 2.16 bits per heavy atom. The third-order valence-corrected chi connectivity index (χ3v) is 3.34. The van der Waals surface area contributed by atoms with Crippen LogP contribution in [0.25, 0.3) is 0 Å². The molecule has 0 saturated carbocycles. The molecule has 0 atom stereocenters. The molecule has 1 aromatic carbocycles. The van der Waals surface area contributed by atoms with Crippen LogP contribution >= 0.6 is 22.9 Å². The zero-order valence-electron chi connectivity index (χ0n) is 9.94. The number of ketones is 1. The summed E-state index contributed by atoms with van der Waals surface area (Å²) in [5, 5.41) is 4.92. The second kappa shape index (κ2) is 5.38. The molecule has 0 aliphatic rings. The Balaban J connectivity index is 2.20. The van der Waals surface area contributed by atoms with Gasteiger partial charge in [-0.2, -0.15) is 0 Å². The highest BCUT2D eigenvalue weighted by molar-refractivity contribution is 7.14. The minimum Gasteiger partial charge on any atom is -0.398 e. The van der Waals surface area contributed by atoms with Crippen LogP contribution in [0.2, 0.25) is 5.02 Å². The number of Topliss-reactive ketones (excluding diaryl/α,β-unsaturated/α-hetero) is 1. The summed E-state index contributed by atoms with van der Waals surface area (Å²) in [5.74, 6) is -0.566. The average molecular weight is 296 g/mol. The van der Waals surface area contributed by atoms with Gasteiger partial charge < -0.3 is 5.73 Å². The van der Waals surface area contributed by atoms with Crippen LogP contribution in [0.15, 0.2) is 23.6 Å². The van der Waals surface area contributed by atoms with Crippen molar-refractivity contribution in [3.8, 4) is 0 Å². The van der Waals surface area contributed by atoms with Crippen molar-refractivity contribution in [1.29, 1.82) is 0 Å². The quantitative estimate of drug-likeness (QED) is 0.673. The first-order valence-electron chi connectivity index (χ1n) is 5.30. The summed E-state index contributed by atoms with van der Waals surface area (Å²) in [4.78, 5) is 27.1. The number of rotatable bonds is 3. The van der Waals surface area contributed by atoms with Gasteiger partial charge in [0.05, 0.1) is 5.56 Å². The second-order valence-corrected chi connectivity index (χ2v) is 5.07. The summed E-state index contributed by atoms with van der Waals surface area (Å²) < 4.78 is 0. The molecule has 7 heteroatoms. The van der Waals surface area contributed by atoms with Crippen molar-refractivity contribution in [3.63, 3.8) is 0 Å². The van der Waals surface area contributed by atoms with E-state index in [0.717, 1.165) is 0 Å². The number of halogens is 1. The largest absolute Gasteiger partial charge is 0.398 e. The molecule has 5 nitrogen and oxygen atoms in total. The number of nitrogens with two attached hydrogens (primary N) is 1. The molecule has 0 fully saturated rings. The lowest BCUT2D eigenvalue weighted by molar-refractivity contribution is 0.100. The molecule has 19 heavy (non-hydrogen) atoms. The molecule has 2 aromatic rings. The van der Waals surface area contributed by atoms with Crippen molar-refractivity contribution >= 4 is 45.4 Å². The number of nitrogens with zero attached hydrogens (tertiary/aromatic N) is 1. The highest BCUT2D eigenvalue weighted by Crippen LogP contribution is 2.21. The van der Waals surface area contributed by atoms with Gasteiger partial charge >= 0.3 is 0 Å². The van der Waals surface area contributed by atoms with E-state index in [1.165, 1.54) is 24.3 Å². The Hall–Kier alpha value is -1.92. The fraction of sp³-hybridized carbons (Fsp3) is 0.0833. The van der Waals surface area contributed by atoms with Gasteiger partial charge in [-0.25, -0.2) is 4.98 Å². The maximum atomic E-state index is 12.0. The minimum atomic E-state index is -0.413. The van der Waals surface area contributed by atoms with Crippen molar-refractivity contribution in [2.24, 2.45) is 0 Å². The third-order valence-electron chi connectivity index (χ3n) is 2.35. The molecule has 0 aliphatic carbocycles. The number of carbonyl (C=O) groups excluding carboxylic acids is 2. The normalized spacial score (nSPS) is 10.2. The Morgan fingerprint density at radius 3 is 2.79 bits per heavy atom. The lowest BCUT2D eigenvalue weighted by atomic mass is 10.2. The highest BCUT2D eigenvalue weighted by atomic mass is 35.5. The number of nitrogens with one attached hydrogen (secondary N) is 1. The molecule has 1 aromatic heterocycles. The van der Waals surface area contributed by atoms with E-state index in [0.29, 0.717) is 21.5 Å². The van der Waals surface area contributed by atoms with E-state index < -0.39 is 5.91 Å². The number of benzene rings is 1. The fourth-order valence-electron chi connectivity index (χ4n) is 1.38. The zero-order valence-corrected chi connectivity index (χ0v) is 11.5. The lowest BCUT2D eigenvalue weighted by Crippen LogP contribution is -2.14. The third kappa shape index (κ3) is 3.10. The van der Waals surface area contributed by atoms with E-state index in [2.05, 4.69) is 10.3 Å². The van der Waals surface area contributed by atoms with E-state index >= 15 is 0 Å². The Morgan fingerprint density at radius 1 is 1.42 bits per heavy atom. The van der Waals surface area contributed by atoms with Crippen LogP contribution in [-0.4, -0.2) is 16.7 Å². The molecule has 3 N–H and O–H groups in total. The molecule has 0 aliphatic heterocycles. The van der Waals surface area contributed by atoms with Gasteiger partial charge in [0.1, 0.15) is 5.69 Å². The van der Waals surface area contributed by atoms with Gasteiger partial charge in [-0.1, -0.05) is 11.6 Å². The van der Waals surface area contributed by atoms with Crippen molar-refractivity contribution in [2.75, 3.05) is 11.1 Å². The first-order valence-corrected chi connectivity index (χ1v) is 6.56. The number of hydrogen-bond acceptors (Lipinski definition) is 5. The predicted molar refractivity (Wildman–Crippen MR) is 75.9 cm³/mol.